The van der Waals surface area contributed by atoms with Crippen molar-refractivity contribution < 1.29 is 9.53 Å². The van der Waals surface area contributed by atoms with Crippen LogP contribution in [0.15, 0.2) is 0 Å². The number of hydrogen-bond acceptors (Lipinski definition) is 3. The third-order valence-electron chi connectivity index (χ3n) is 2.93. The number of rotatable bonds is 1. The third kappa shape index (κ3) is 4.45. The molecular formula is C12H25ClN2O2. The molecule has 0 spiro atoms. The van der Waals surface area contributed by atoms with Gasteiger partial charge < -0.3 is 15.4 Å². The Bertz CT molecular complexity index is 256. The fourth-order valence-corrected chi connectivity index (χ4v) is 1.92. The topological polar surface area (TPSA) is 55.6 Å². The van der Waals surface area contributed by atoms with E-state index in [1.54, 1.807) is 0 Å². The van der Waals surface area contributed by atoms with Gasteiger partial charge in [-0.15, -0.1) is 12.4 Å². The molecule has 1 heterocycles. The van der Waals surface area contributed by atoms with E-state index in [-0.39, 0.29) is 35.9 Å². The minimum atomic E-state index is -0.440. The molecule has 102 valence electrons. The van der Waals surface area contributed by atoms with E-state index in [2.05, 4.69) is 0 Å². The molecule has 0 saturated carbocycles. The molecule has 0 radical (unpaired) electrons. The Labute approximate surface area is 110 Å². The van der Waals surface area contributed by atoms with Gasteiger partial charge in [0.1, 0.15) is 0 Å². The van der Waals surface area contributed by atoms with E-state index in [4.69, 9.17) is 10.5 Å². The van der Waals surface area contributed by atoms with Gasteiger partial charge in [0.15, 0.2) is 0 Å². The number of carbonyl (C=O) groups is 1. The lowest BCUT2D eigenvalue weighted by atomic mass is 9.86. The highest BCUT2D eigenvalue weighted by molar-refractivity contribution is 5.85. The first-order valence-corrected chi connectivity index (χ1v) is 5.91. The van der Waals surface area contributed by atoms with Gasteiger partial charge in [-0.25, -0.2) is 0 Å². The molecule has 1 aliphatic rings. The van der Waals surface area contributed by atoms with Gasteiger partial charge in [0, 0.05) is 13.1 Å². The first-order valence-electron chi connectivity index (χ1n) is 5.91. The average molecular weight is 265 g/mol. The van der Waals surface area contributed by atoms with E-state index >= 15 is 0 Å². The molecule has 1 amide bonds. The van der Waals surface area contributed by atoms with Crippen LogP contribution < -0.4 is 5.73 Å². The molecule has 0 aromatic heterocycles. The number of nitrogens with zero attached hydrogens (tertiary/aromatic N) is 1. The Kier molecular flexibility index (Phi) is 5.91. The normalized spacial score (nSPS) is 27.3. The molecule has 0 aromatic rings. The minimum Gasteiger partial charge on any atom is -0.372 e. The summed E-state index contributed by atoms with van der Waals surface area (Å²) in [5, 5.41) is 0. The summed E-state index contributed by atoms with van der Waals surface area (Å²) < 4.78 is 5.60. The highest BCUT2D eigenvalue weighted by Crippen LogP contribution is 2.21. The zero-order chi connectivity index (χ0) is 12.5. The number of morpholine rings is 1. The first-order chi connectivity index (χ1) is 7.21. The molecule has 3 atom stereocenters. The van der Waals surface area contributed by atoms with Gasteiger partial charge >= 0.3 is 0 Å². The van der Waals surface area contributed by atoms with Gasteiger partial charge in [-0.2, -0.15) is 0 Å². The Balaban J connectivity index is 0.00000256. The van der Waals surface area contributed by atoms with Crippen molar-refractivity contribution in [2.45, 2.75) is 52.9 Å². The molecule has 1 fully saturated rings. The van der Waals surface area contributed by atoms with Crippen LogP contribution in [0, 0.1) is 5.41 Å². The summed E-state index contributed by atoms with van der Waals surface area (Å²) in [4.78, 5) is 14.0. The molecule has 0 aliphatic carbocycles. The Morgan fingerprint density at radius 3 is 2.06 bits per heavy atom. The molecule has 1 aliphatic heterocycles. The summed E-state index contributed by atoms with van der Waals surface area (Å²) in [6, 6.07) is -0.440. The number of ether oxygens (including phenoxy) is 1. The molecule has 0 bridgehead atoms. The second-order valence-electron chi connectivity index (χ2n) is 5.84. The first kappa shape index (κ1) is 16.7. The number of hydrogen-bond donors (Lipinski definition) is 1. The number of halogens is 1. The average Bonchev–Trinajstić information content (AvgIpc) is 2.12. The highest BCUT2D eigenvalue weighted by Gasteiger charge is 2.34. The molecule has 1 saturated heterocycles. The lowest BCUT2D eigenvalue weighted by Crippen LogP contribution is -2.56. The van der Waals surface area contributed by atoms with Crippen LogP contribution in [0.5, 0.6) is 0 Å². The zero-order valence-electron chi connectivity index (χ0n) is 11.4. The lowest BCUT2D eigenvalue weighted by molar-refractivity contribution is -0.146. The van der Waals surface area contributed by atoms with Gasteiger partial charge in [0.2, 0.25) is 5.91 Å². The van der Waals surface area contributed by atoms with Crippen molar-refractivity contribution in [2.75, 3.05) is 13.1 Å². The Hall–Kier alpha value is -0.320. The maximum atomic E-state index is 12.2. The number of nitrogens with two attached hydrogens (primary N) is 1. The van der Waals surface area contributed by atoms with Crippen LogP contribution in [0.4, 0.5) is 0 Å². The summed E-state index contributed by atoms with van der Waals surface area (Å²) >= 11 is 0. The van der Waals surface area contributed by atoms with Crippen molar-refractivity contribution in [3.8, 4) is 0 Å². The summed E-state index contributed by atoms with van der Waals surface area (Å²) in [7, 11) is 0. The molecule has 2 N–H and O–H groups in total. The fourth-order valence-electron chi connectivity index (χ4n) is 1.92. The largest absolute Gasteiger partial charge is 0.372 e. The highest BCUT2D eigenvalue weighted by atomic mass is 35.5. The SMILES string of the molecule is CC1CN(C(=O)[C@@H](N)C(C)(C)C)CC(C)O1.Cl. The van der Waals surface area contributed by atoms with E-state index in [9.17, 15) is 4.79 Å². The van der Waals surface area contributed by atoms with Crippen molar-refractivity contribution in [3.05, 3.63) is 0 Å². The van der Waals surface area contributed by atoms with E-state index in [1.165, 1.54) is 0 Å². The predicted octanol–water partition coefficient (Wildman–Crippen LogP) is 1.42. The summed E-state index contributed by atoms with van der Waals surface area (Å²) in [5.41, 5.74) is 5.79. The molecule has 0 aromatic carbocycles. The van der Waals surface area contributed by atoms with Crippen molar-refractivity contribution in [1.29, 1.82) is 0 Å². The molecule has 1 rings (SSSR count). The van der Waals surface area contributed by atoms with E-state index in [1.807, 2.05) is 39.5 Å². The van der Waals surface area contributed by atoms with Crippen LogP contribution in [-0.2, 0) is 9.53 Å². The quantitative estimate of drug-likeness (QED) is 0.779. The predicted molar refractivity (Wildman–Crippen MR) is 71.3 cm³/mol. The van der Waals surface area contributed by atoms with Crippen molar-refractivity contribution in [3.63, 3.8) is 0 Å². The van der Waals surface area contributed by atoms with Crippen LogP contribution in [0.3, 0.4) is 0 Å². The maximum absolute atomic E-state index is 12.2. The monoisotopic (exact) mass is 264 g/mol. The molecule has 2 unspecified atom stereocenters. The second-order valence-corrected chi connectivity index (χ2v) is 5.84. The summed E-state index contributed by atoms with van der Waals surface area (Å²) in [5.74, 6) is 0.0366. The van der Waals surface area contributed by atoms with E-state index < -0.39 is 6.04 Å². The maximum Gasteiger partial charge on any atom is 0.240 e. The molecule has 4 nitrogen and oxygen atoms in total. The smallest absolute Gasteiger partial charge is 0.240 e. The minimum absolute atomic E-state index is 0. The van der Waals surface area contributed by atoms with Crippen molar-refractivity contribution in [1.82, 2.24) is 4.90 Å². The van der Waals surface area contributed by atoms with Crippen LogP contribution in [-0.4, -0.2) is 42.1 Å². The molecule has 5 heteroatoms. The van der Waals surface area contributed by atoms with Gasteiger partial charge in [-0.1, -0.05) is 20.8 Å². The van der Waals surface area contributed by atoms with Gasteiger partial charge in [0.05, 0.1) is 18.2 Å². The van der Waals surface area contributed by atoms with Crippen LogP contribution >= 0.6 is 12.4 Å². The van der Waals surface area contributed by atoms with Crippen molar-refractivity contribution in [2.24, 2.45) is 11.1 Å². The van der Waals surface area contributed by atoms with Crippen LogP contribution in [0.1, 0.15) is 34.6 Å². The third-order valence-corrected chi connectivity index (χ3v) is 2.93. The number of amides is 1. The Morgan fingerprint density at radius 2 is 1.71 bits per heavy atom. The lowest BCUT2D eigenvalue weighted by Gasteiger charge is -2.38. The zero-order valence-corrected chi connectivity index (χ0v) is 12.2. The van der Waals surface area contributed by atoms with Gasteiger partial charge in [0.25, 0.3) is 0 Å². The fraction of sp³-hybridized carbons (Fsp3) is 0.917. The second kappa shape index (κ2) is 6.03. The van der Waals surface area contributed by atoms with E-state index in [0.717, 1.165) is 0 Å². The standard InChI is InChI=1S/C12H24N2O2.ClH/c1-8-6-14(7-9(2)16-8)11(15)10(13)12(3,4)5;/h8-10H,6-7,13H2,1-5H3;1H/t8?,9?,10-;/m1./s1. The van der Waals surface area contributed by atoms with Crippen molar-refractivity contribution >= 4 is 18.3 Å². The van der Waals surface area contributed by atoms with Crippen LogP contribution in [0.25, 0.3) is 0 Å². The van der Waals surface area contributed by atoms with Gasteiger partial charge in [-0.3, -0.25) is 4.79 Å². The Morgan fingerprint density at radius 1 is 1.29 bits per heavy atom. The van der Waals surface area contributed by atoms with Crippen LogP contribution in [0.2, 0.25) is 0 Å². The molecule has 17 heavy (non-hydrogen) atoms. The number of carbonyl (C=O) groups excluding carboxylic acids is 1. The summed E-state index contributed by atoms with van der Waals surface area (Å²) in [6.07, 6.45) is 0.194. The molecular weight excluding hydrogens is 240 g/mol. The summed E-state index contributed by atoms with van der Waals surface area (Å²) in [6.45, 7) is 11.2. The van der Waals surface area contributed by atoms with E-state index in [0.29, 0.717) is 13.1 Å². The van der Waals surface area contributed by atoms with Gasteiger partial charge in [-0.05, 0) is 19.3 Å².